The number of aromatic nitrogens is 2. The highest BCUT2D eigenvalue weighted by Gasteiger charge is 2.07. The number of pyridine rings is 1. The molecule has 0 aliphatic rings. The van der Waals surface area contributed by atoms with Crippen molar-refractivity contribution in [2.24, 2.45) is 0 Å². The first-order chi connectivity index (χ1) is 10.2. The number of fused-ring (bicyclic) bond motifs is 1. The van der Waals surface area contributed by atoms with Gasteiger partial charge < -0.3 is 9.14 Å². The van der Waals surface area contributed by atoms with Crippen LogP contribution in [0.2, 0.25) is 0 Å². The summed E-state index contributed by atoms with van der Waals surface area (Å²) in [5.41, 5.74) is 5.53. The van der Waals surface area contributed by atoms with Gasteiger partial charge in [0.05, 0.1) is 12.3 Å². The summed E-state index contributed by atoms with van der Waals surface area (Å²) in [4.78, 5) is 4.69. The first-order valence-electron chi connectivity index (χ1n) is 6.91. The number of aryl methyl sites for hydroxylation is 1. The van der Waals surface area contributed by atoms with Crippen LogP contribution in [0.1, 0.15) is 11.3 Å². The van der Waals surface area contributed by atoms with Crippen LogP contribution in [0.3, 0.4) is 0 Å². The van der Waals surface area contributed by atoms with Crippen molar-refractivity contribution in [2.75, 3.05) is 13.7 Å². The number of methoxy groups -OCH3 is 1. The smallest absolute Gasteiger partial charge is 0.137 e. The number of hydrogen-bond donors (Lipinski definition) is 0. The Bertz CT molecular complexity index is 762. The van der Waals surface area contributed by atoms with Crippen molar-refractivity contribution in [1.82, 2.24) is 9.38 Å². The molecule has 108 valence electrons. The minimum atomic E-state index is 0.751. The van der Waals surface area contributed by atoms with Crippen LogP contribution in [0.15, 0.2) is 47.1 Å². The van der Waals surface area contributed by atoms with Gasteiger partial charge >= 0.3 is 0 Å². The molecule has 0 spiro atoms. The van der Waals surface area contributed by atoms with E-state index in [4.69, 9.17) is 9.72 Å². The summed E-state index contributed by atoms with van der Waals surface area (Å²) in [7, 11) is 1.73. The summed E-state index contributed by atoms with van der Waals surface area (Å²) in [5.74, 6) is 0. The van der Waals surface area contributed by atoms with Crippen LogP contribution in [-0.2, 0) is 11.2 Å². The van der Waals surface area contributed by atoms with Crippen LogP contribution in [-0.4, -0.2) is 23.1 Å². The summed E-state index contributed by atoms with van der Waals surface area (Å²) in [6.45, 7) is 2.83. The Hall–Kier alpha value is -1.65. The minimum Gasteiger partial charge on any atom is -0.384 e. The van der Waals surface area contributed by atoms with Gasteiger partial charge in [0.1, 0.15) is 5.65 Å². The predicted octanol–water partition coefficient (Wildman–Crippen LogP) is 4.26. The zero-order chi connectivity index (χ0) is 14.8. The highest BCUT2D eigenvalue weighted by Crippen LogP contribution is 2.23. The molecular formula is C17H17BrN2O. The Morgan fingerprint density at radius 1 is 1.14 bits per heavy atom. The van der Waals surface area contributed by atoms with E-state index in [1.165, 1.54) is 5.56 Å². The molecular weight excluding hydrogens is 328 g/mol. The van der Waals surface area contributed by atoms with Crippen molar-refractivity contribution in [3.05, 3.63) is 58.3 Å². The van der Waals surface area contributed by atoms with Gasteiger partial charge in [0.25, 0.3) is 0 Å². The second-order valence-electron chi connectivity index (χ2n) is 5.06. The molecule has 0 saturated heterocycles. The quantitative estimate of drug-likeness (QED) is 0.706. The molecule has 0 bridgehead atoms. The monoisotopic (exact) mass is 344 g/mol. The zero-order valence-electron chi connectivity index (χ0n) is 12.1. The topological polar surface area (TPSA) is 26.5 Å². The highest BCUT2D eigenvalue weighted by atomic mass is 79.9. The summed E-state index contributed by atoms with van der Waals surface area (Å²) in [5, 5.41) is 0. The molecule has 4 heteroatoms. The van der Waals surface area contributed by atoms with Gasteiger partial charge in [-0.15, -0.1) is 0 Å². The number of ether oxygens (including phenoxy) is 1. The van der Waals surface area contributed by atoms with Gasteiger partial charge in [-0.3, -0.25) is 0 Å². The summed E-state index contributed by atoms with van der Waals surface area (Å²) < 4.78 is 8.31. The molecule has 0 fully saturated rings. The summed E-state index contributed by atoms with van der Waals surface area (Å²) in [6, 6.07) is 12.6. The molecule has 0 atom stereocenters. The van der Waals surface area contributed by atoms with E-state index in [2.05, 4.69) is 57.7 Å². The lowest BCUT2D eigenvalue weighted by Crippen LogP contribution is -1.93. The molecule has 0 aliphatic carbocycles. The van der Waals surface area contributed by atoms with Crippen LogP contribution in [0.25, 0.3) is 16.9 Å². The van der Waals surface area contributed by atoms with Crippen LogP contribution in [0, 0.1) is 6.92 Å². The van der Waals surface area contributed by atoms with E-state index in [0.717, 1.165) is 40.1 Å². The average molecular weight is 345 g/mol. The van der Waals surface area contributed by atoms with Crippen molar-refractivity contribution in [3.8, 4) is 11.3 Å². The number of hydrogen-bond acceptors (Lipinski definition) is 2. The second kappa shape index (κ2) is 6.00. The molecule has 3 nitrogen and oxygen atoms in total. The predicted molar refractivity (Wildman–Crippen MR) is 88.6 cm³/mol. The van der Waals surface area contributed by atoms with Crippen molar-refractivity contribution >= 4 is 21.6 Å². The Morgan fingerprint density at radius 3 is 2.62 bits per heavy atom. The molecule has 3 rings (SSSR count). The lowest BCUT2D eigenvalue weighted by Gasteiger charge is -2.02. The van der Waals surface area contributed by atoms with E-state index in [9.17, 15) is 0 Å². The van der Waals surface area contributed by atoms with Gasteiger partial charge in [0, 0.05) is 29.0 Å². The molecule has 2 aromatic heterocycles. The first-order valence-corrected chi connectivity index (χ1v) is 7.71. The van der Waals surface area contributed by atoms with E-state index in [1.54, 1.807) is 7.11 Å². The fourth-order valence-corrected chi connectivity index (χ4v) is 2.69. The van der Waals surface area contributed by atoms with Crippen molar-refractivity contribution < 1.29 is 4.74 Å². The van der Waals surface area contributed by atoms with Crippen molar-refractivity contribution in [1.29, 1.82) is 0 Å². The van der Waals surface area contributed by atoms with Gasteiger partial charge in [-0.05, 0) is 47.0 Å². The Balaban J connectivity index is 1.95. The zero-order valence-corrected chi connectivity index (χ0v) is 13.7. The standard InChI is InChI=1S/C17H17BrN2O/c1-12-15(18)7-8-17-19-16(11-20(12)17)14-5-3-13(4-6-14)9-10-21-2/h3-8,11H,9-10H2,1-2H3. The molecule has 2 heterocycles. The average Bonchev–Trinajstić information content (AvgIpc) is 2.94. The molecule has 0 N–H and O–H groups in total. The Morgan fingerprint density at radius 2 is 1.90 bits per heavy atom. The molecule has 0 amide bonds. The third-order valence-corrected chi connectivity index (χ3v) is 4.50. The number of halogens is 1. The molecule has 21 heavy (non-hydrogen) atoms. The molecule has 0 saturated carbocycles. The largest absolute Gasteiger partial charge is 0.384 e. The summed E-state index contributed by atoms with van der Waals surface area (Å²) >= 11 is 3.55. The normalized spacial score (nSPS) is 11.2. The first kappa shape index (κ1) is 14.3. The van der Waals surface area contributed by atoms with E-state index in [1.807, 2.05) is 12.1 Å². The maximum atomic E-state index is 5.10. The molecule has 1 aromatic carbocycles. The summed E-state index contributed by atoms with van der Waals surface area (Å²) in [6.07, 6.45) is 3.02. The Labute approximate surface area is 132 Å². The highest BCUT2D eigenvalue weighted by molar-refractivity contribution is 9.10. The number of benzene rings is 1. The third kappa shape index (κ3) is 2.87. The minimum absolute atomic E-state index is 0.751. The SMILES string of the molecule is COCCc1ccc(-c2cn3c(C)c(Br)ccc3n2)cc1. The van der Waals surface area contributed by atoms with Crippen molar-refractivity contribution in [2.45, 2.75) is 13.3 Å². The van der Waals surface area contributed by atoms with Gasteiger partial charge in [0.15, 0.2) is 0 Å². The fraction of sp³-hybridized carbons (Fsp3) is 0.235. The molecule has 0 unspecified atom stereocenters. The van der Waals surface area contributed by atoms with Crippen LogP contribution < -0.4 is 0 Å². The maximum absolute atomic E-state index is 5.10. The fourth-order valence-electron chi connectivity index (χ4n) is 2.37. The number of imidazole rings is 1. The molecule has 0 radical (unpaired) electrons. The third-order valence-electron chi connectivity index (χ3n) is 3.66. The lowest BCUT2D eigenvalue weighted by atomic mass is 10.1. The van der Waals surface area contributed by atoms with E-state index < -0.39 is 0 Å². The van der Waals surface area contributed by atoms with Crippen LogP contribution in [0.4, 0.5) is 0 Å². The van der Waals surface area contributed by atoms with Gasteiger partial charge in [0.2, 0.25) is 0 Å². The van der Waals surface area contributed by atoms with Crippen LogP contribution in [0.5, 0.6) is 0 Å². The van der Waals surface area contributed by atoms with Gasteiger partial charge in [-0.1, -0.05) is 24.3 Å². The van der Waals surface area contributed by atoms with Crippen LogP contribution >= 0.6 is 15.9 Å². The van der Waals surface area contributed by atoms with E-state index >= 15 is 0 Å². The van der Waals surface area contributed by atoms with Gasteiger partial charge in [-0.2, -0.15) is 0 Å². The van der Waals surface area contributed by atoms with Gasteiger partial charge in [-0.25, -0.2) is 4.98 Å². The van der Waals surface area contributed by atoms with E-state index in [0.29, 0.717) is 0 Å². The molecule has 3 aromatic rings. The lowest BCUT2D eigenvalue weighted by molar-refractivity contribution is 0.202. The van der Waals surface area contributed by atoms with Crippen molar-refractivity contribution in [3.63, 3.8) is 0 Å². The number of rotatable bonds is 4. The second-order valence-corrected chi connectivity index (χ2v) is 5.92. The maximum Gasteiger partial charge on any atom is 0.137 e. The number of nitrogens with zero attached hydrogens (tertiary/aromatic N) is 2. The Kier molecular flexibility index (Phi) is 4.08. The molecule has 0 aliphatic heterocycles. The van der Waals surface area contributed by atoms with E-state index in [-0.39, 0.29) is 0 Å².